The molecule has 0 saturated heterocycles. The summed E-state index contributed by atoms with van der Waals surface area (Å²) in [5, 5.41) is 6.76. The lowest BCUT2D eigenvalue weighted by atomic mass is 9.62. The van der Waals surface area contributed by atoms with E-state index in [1.54, 1.807) is 0 Å². The number of hydrogen-bond donors (Lipinski definition) is 0. The van der Waals surface area contributed by atoms with Gasteiger partial charge in [0.15, 0.2) is 6.20 Å². The molecule has 3 heteroatoms. The van der Waals surface area contributed by atoms with Gasteiger partial charge in [-0.05, 0) is 32.3 Å². The highest BCUT2D eigenvalue weighted by atomic mass is 15.3. The van der Waals surface area contributed by atoms with Gasteiger partial charge in [0.05, 0.1) is 11.4 Å². The number of aromatic nitrogens is 3. The predicted molar refractivity (Wildman–Crippen MR) is 90.7 cm³/mol. The van der Waals surface area contributed by atoms with Gasteiger partial charge in [0.25, 0.3) is 0 Å². The van der Waals surface area contributed by atoms with Crippen LogP contribution in [0.3, 0.4) is 0 Å². The molecule has 3 nitrogen and oxygen atoms in total. The summed E-state index contributed by atoms with van der Waals surface area (Å²) in [6.45, 7) is 15.7. The molecule has 22 heavy (non-hydrogen) atoms. The summed E-state index contributed by atoms with van der Waals surface area (Å²) < 4.78 is 4.40. The van der Waals surface area contributed by atoms with Crippen LogP contribution in [0.2, 0.25) is 0 Å². The van der Waals surface area contributed by atoms with Gasteiger partial charge in [-0.1, -0.05) is 44.6 Å². The van der Waals surface area contributed by atoms with Crippen LogP contribution in [-0.2, 0) is 5.54 Å². The Hall–Kier alpha value is -1.90. The molecule has 0 saturated carbocycles. The van der Waals surface area contributed by atoms with Crippen molar-refractivity contribution >= 4 is 17.8 Å². The maximum absolute atomic E-state index is 4.51. The molecular weight excluding hydrogens is 270 g/mol. The molecule has 3 rings (SSSR count). The normalized spacial score (nSPS) is 28.0. The molecule has 2 unspecified atom stereocenters. The highest BCUT2D eigenvalue weighted by Crippen LogP contribution is 2.47. The Morgan fingerprint density at radius 1 is 1.32 bits per heavy atom. The van der Waals surface area contributed by atoms with Crippen LogP contribution in [0.25, 0.3) is 17.8 Å². The van der Waals surface area contributed by atoms with Gasteiger partial charge in [0, 0.05) is 10.6 Å². The van der Waals surface area contributed by atoms with Gasteiger partial charge in [0.2, 0.25) is 0 Å². The summed E-state index contributed by atoms with van der Waals surface area (Å²) in [6, 6.07) is 0. The van der Waals surface area contributed by atoms with Crippen molar-refractivity contribution in [3.8, 4) is 0 Å². The number of allylic oxidation sites excluding steroid dienone is 2. The summed E-state index contributed by atoms with van der Waals surface area (Å²) in [4.78, 5) is 0. The second kappa shape index (κ2) is 4.80. The summed E-state index contributed by atoms with van der Waals surface area (Å²) in [7, 11) is 0. The monoisotopic (exact) mass is 296 g/mol. The van der Waals surface area contributed by atoms with Gasteiger partial charge in [-0.2, -0.15) is 0 Å². The minimum absolute atomic E-state index is 0.0216. The summed E-state index contributed by atoms with van der Waals surface area (Å²) in [6.07, 6.45) is 12.7. The summed E-state index contributed by atoms with van der Waals surface area (Å²) >= 11 is 0. The van der Waals surface area contributed by atoms with E-state index in [4.69, 9.17) is 0 Å². The zero-order chi connectivity index (χ0) is 16.1. The van der Waals surface area contributed by atoms with Gasteiger partial charge in [-0.3, -0.25) is 0 Å². The second-order valence-electron chi connectivity index (χ2n) is 6.71. The molecule has 2 aromatic rings. The van der Waals surface area contributed by atoms with Crippen molar-refractivity contribution in [2.24, 2.45) is 5.41 Å². The Bertz CT molecular complexity index is 874. The molecule has 0 N–H and O–H groups in total. The van der Waals surface area contributed by atoms with Crippen LogP contribution < -0.4 is 15.0 Å². The van der Waals surface area contributed by atoms with Crippen molar-refractivity contribution in [1.29, 1.82) is 0 Å². The lowest BCUT2D eigenvalue weighted by Crippen LogP contribution is -2.67. The molecule has 0 spiro atoms. The molecule has 2 atom stereocenters. The molecule has 3 heterocycles. The second-order valence-corrected chi connectivity index (χ2v) is 6.71. The molecule has 116 valence electrons. The summed E-state index contributed by atoms with van der Waals surface area (Å²) in [5.74, 6) is 0. The molecule has 2 aromatic heterocycles. The molecule has 0 fully saturated rings. The lowest BCUT2D eigenvalue weighted by molar-refractivity contribution is -0.754. The van der Waals surface area contributed by atoms with Crippen LogP contribution >= 0.6 is 0 Å². The van der Waals surface area contributed by atoms with Gasteiger partial charge in [-0.25, -0.2) is 4.57 Å². The topological polar surface area (TPSA) is 21.2 Å². The van der Waals surface area contributed by atoms with Gasteiger partial charge >= 0.3 is 5.65 Å². The molecule has 0 radical (unpaired) electrons. The van der Waals surface area contributed by atoms with E-state index in [0.29, 0.717) is 0 Å². The van der Waals surface area contributed by atoms with Crippen molar-refractivity contribution in [3.05, 3.63) is 41.2 Å². The highest BCUT2D eigenvalue weighted by molar-refractivity contribution is 5.68. The minimum Gasteiger partial charge on any atom is -0.222 e. The minimum atomic E-state index is 0.0216. The maximum Gasteiger partial charge on any atom is 0.315 e. The van der Waals surface area contributed by atoms with Crippen LogP contribution in [0.4, 0.5) is 0 Å². The number of rotatable bonds is 3. The van der Waals surface area contributed by atoms with Crippen molar-refractivity contribution < 1.29 is 4.57 Å². The average Bonchev–Trinajstić information content (AvgIpc) is 2.95. The van der Waals surface area contributed by atoms with E-state index in [2.05, 4.69) is 75.4 Å². The van der Waals surface area contributed by atoms with Crippen molar-refractivity contribution in [1.82, 2.24) is 9.61 Å². The molecular formula is C19H26N3+. The first-order valence-corrected chi connectivity index (χ1v) is 8.19. The van der Waals surface area contributed by atoms with Crippen LogP contribution in [0.1, 0.15) is 47.5 Å². The van der Waals surface area contributed by atoms with Crippen molar-refractivity contribution in [2.75, 3.05) is 0 Å². The third-order valence-electron chi connectivity index (χ3n) is 6.00. The Kier molecular flexibility index (Phi) is 3.28. The molecule has 0 amide bonds. The molecule has 1 aliphatic rings. The first-order chi connectivity index (χ1) is 10.4. The standard InChI is InChI=1S/C19H26N3/c1-7-10-15-16-14(4)13-20-22-12-11-21(17(16)22)19(6,9-3)18(15,5)8-2/h7,10-13H,4,8-9H2,1-3,5-6H3/q+1. The van der Waals surface area contributed by atoms with Crippen molar-refractivity contribution in [3.63, 3.8) is 0 Å². The average molecular weight is 296 g/mol. The van der Waals surface area contributed by atoms with Gasteiger partial charge < -0.3 is 0 Å². The van der Waals surface area contributed by atoms with E-state index in [1.807, 2.05) is 10.7 Å². The fourth-order valence-corrected chi connectivity index (χ4v) is 4.14. The Balaban J connectivity index is 2.66. The predicted octanol–water partition coefficient (Wildman–Crippen LogP) is 2.31. The van der Waals surface area contributed by atoms with Crippen LogP contribution in [-0.4, -0.2) is 9.61 Å². The van der Waals surface area contributed by atoms with E-state index in [-0.39, 0.29) is 11.0 Å². The molecule has 0 aliphatic carbocycles. The molecule has 0 aromatic carbocycles. The lowest BCUT2D eigenvalue weighted by Gasteiger charge is -2.46. The van der Waals surface area contributed by atoms with E-state index < -0.39 is 0 Å². The third-order valence-corrected chi connectivity index (χ3v) is 6.00. The smallest absolute Gasteiger partial charge is 0.222 e. The third kappa shape index (κ3) is 1.57. The zero-order valence-corrected chi connectivity index (χ0v) is 14.3. The van der Waals surface area contributed by atoms with Gasteiger partial charge in [0.1, 0.15) is 11.7 Å². The molecule has 1 aliphatic heterocycles. The Labute approximate surface area is 132 Å². The van der Waals surface area contributed by atoms with E-state index >= 15 is 0 Å². The van der Waals surface area contributed by atoms with E-state index in [9.17, 15) is 0 Å². The van der Waals surface area contributed by atoms with Crippen LogP contribution in [0, 0.1) is 5.41 Å². The first-order valence-electron chi connectivity index (χ1n) is 8.19. The molecule has 0 bridgehead atoms. The van der Waals surface area contributed by atoms with E-state index in [1.165, 1.54) is 10.8 Å². The van der Waals surface area contributed by atoms with Crippen molar-refractivity contribution in [2.45, 2.75) is 53.0 Å². The fraction of sp³-hybridized carbons (Fsp3) is 0.474. The van der Waals surface area contributed by atoms with Crippen LogP contribution in [0.15, 0.2) is 30.7 Å². The first kappa shape index (κ1) is 15.0. The zero-order valence-electron chi connectivity index (χ0n) is 14.3. The van der Waals surface area contributed by atoms with Crippen LogP contribution in [0.5, 0.6) is 0 Å². The SMILES string of the molecule is C=c1cnn2cc[n+]3c2c1=C(C=CC)C(C)(CC)C3(C)CC. The van der Waals surface area contributed by atoms with E-state index in [0.717, 1.165) is 23.7 Å². The Morgan fingerprint density at radius 3 is 2.64 bits per heavy atom. The largest absolute Gasteiger partial charge is 0.315 e. The highest BCUT2D eigenvalue weighted by Gasteiger charge is 2.53. The Morgan fingerprint density at radius 2 is 2.05 bits per heavy atom. The van der Waals surface area contributed by atoms with Gasteiger partial charge in [-0.15, -0.1) is 4.52 Å². The quantitative estimate of drug-likeness (QED) is 0.796. The fourth-order valence-electron chi connectivity index (χ4n) is 4.14. The number of imidazole rings is 1. The number of nitrogens with zero attached hydrogens (tertiary/aromatic N) is 3. The maximum atomic E-state index is 4.51. The summed E-state index contributed by atoms with van der Waals surface area (Å²) in [5.41, 5.74) is 2.63. The number of hydrogen-bond acceptors (Lipinski definition) is 1.